The van der Waals surface area contributed by atoms with Crippen LogP contribution in [0, 0.1) is 23.6 Å². The van der Waals surface area contributed by atoms with E-state index in [-0.39, 0.29) is 5.82 Å². The van der Waals surface area contributed by atoms with Crippen molar-refractivity contribution in [3.63, 3.8) is 0 Å². The monoisotopic (exact) mass is 356 g/mol. The summed E-state index contributed by atoms with van der Waals surface area (Å²) in [7, 11) is 0. The van der Waals surface area contributed by atoms with Crippen LogP contribution in [0.3, 0.4) is 0 Å². The number of rotatable bonds is 8. The van der Waals surface area contributed by atoms with E-state index in [1.807, 2.05) is 12.1 Å². The molecule has 1 aromatic carbocycles. The zero-order chi connectivity index (χ0) is 18.2. The van der Waals surface area contributed by atoms with Gasteiger partial charge in [0.05, 0.1) is 0 Å². The van der Waals surface area contributed by atoms with E-state index in [1.54, 1.807) is 17.7 Å². The molecule has 1 unspecified atom stereocenters. The lowest BCUT2D eigenvalue weighted by Crippen LogP contribution is -2.16. The molecule has 0 saturated heterocycles. The molecule has 0 bridgehead atoms. The standard InChI is InChI=1S/C25H37F/c1-2-3-20-4-6-21(7-5-20)8-9-22-10-12-23(13-11-22)14-15-24-16-18-25(26)19-17-24/h12,16-22H,2-11,13-15H2,1H3. The summed E-state index contributed by atoms with van der Waals surface area (Å²) < 4.78 is 13.0. The minimum absolute atomic E-state index is 0.132. The molecule has 0 spiro atoms. The van der Waals surface area contributed by atoms with Crippen LogP contribution in [0.15, 0.2) is 35.9 Å². The van der Waals surface area contributed by atoms with Gasteiger partial charge in [-0.3, -0.25) is 0 Å². The van der Waals surface area contributed by atoms with Crippen molar-refractivity contribution in [2.75, 3.05) is 0 Å². The zero-order valence-corrected chi connectivity index (χ0v) is 16.7. The van der Waals surface area contributed by atoms with Crippen LogP contribution in [0.4, 0.5) is 4.39 Å². The van der Waals surface area contributed by atoms with Crippen LogP contribution in [-0.4, -0.2) is 0 Å². The predicted molar refractivity (Wildman–Crippen MR) is 110 cm³/mol. The average molecular weight is 357 g/mol. The molecule has 0 aromatic heterocycles. The smallest absolute Gasteiger partial charge is 0.123 e. The van der Waals surface area contributed by atoms with Crippen LogP contribution in [0.1, 0.15) is 89.5 Å². The Kier molecular flexibility index (Phi) is 7.77. The normalized spacial score (nSPS) is 26.5. The van der Waals surface area contributed by atoms with Crippen LogP contribution in [0.25, 0.3) is 0 Å². The third-order valence-electron chi connectivity index (χ3n) is 6.91. The third kappa shape index (κ3) is 6.25. The Labute approximate surface area is 160 Å². The highest BCUT2D eigenvalue weighted by atomic mass is 19.1. The fourth-order valence-corrected chi connectivity index (χ4v) is 5.08. The quantitative estimate of drug-likeness (QED) is 0.416. The van der Waals surface area contributed by atoms with E-state index in [4.69, 9.17) is 0 Å². The fourth-order valence-electron chi connectivity index (χ4n) is 5.08. The summed E-state index contributed by atoms with van der Waals surface area (Å²) in [5.74, 6) is 2.86. The maximum absolute atomic E-state index is 13.0. The predicted octanol–water partition coefficient (Wildman–Crippen LogP) is 7.87. The first-order valence-electron chi connectivity index (χ1n) is 11.1. The van der Waals surface area contributed by atoms with Gasteiger partial charge in [-0.15, -0.1) is 0 Å². The summed E-state index contributed by atoms with van der Waals surface area (Å²) in [4.78, 5) is 0. The molecule has 0 N–H and O–H groups in total. The van der Waals surface area contributed by atoms with Gasteiger partial charge in [0.1, 0.15) is 5.82 Å². The highest BCUT2D eigenvalue weighted by Gasteiger charge is 2.22. The minimum atomic E-state index is -0.132. The first-order valence-corrected chi connectivity index (χ1v) is 11.1. The first kappa shape index (κ1) is 19.6. The lowest BCUT2D eigenvalue weighted by molar-refractivity contribution is 0.236. The lowest BCUT2D eigenvalue weighted by atomic mass is 9.76. The Morgan fingerprint density at radius 1 is 0.808 bits per heavy atom. The molecule has 3 rings (SSSR count). The number of aryl methyl sites for hydroxylation is 1. The molecule has 0 heterocycles. The molecule has 1 aromatic rings. The number of allylic oxidation sites excluding steroid dienone is 2. The van der Waals surface area contributed by atoms with E-state index in [1.165, 1.54) is 76.2 Å². The molecule has 0 amide bonds. The summed E-state index contributed by atoms with van der Waals surface area (Å²) in [6.45, 7) is 2.33. The van der Waals surface area contributed by atoms with Gasteiger partial charge in [-0.2, -0.15) is 0 Å². The number of benzene rings is 1. The molecular weight excluding hydrogens is 319 g/mol. The van der Waals surface area contributed by atoms with Crippen molar-refractivity contribution in [1.29, 1.82) is 0 Å². The van der Waals surface area contributed by atoms with Crippen molar-refractivity contribution in [2.45, 2.75) is 90.4 Å². The maximum Gasteiger partial charge on any atom is 0.123 e. The van der Waals surface area contributed by atoms with Gasteiger partial charge in [0.2, 0.25) is 0 Å². The second-order valence-corrected chi connectivity index (χ2v) is 8.88. The van der Waals surface area contributed by atoms with Crippen molar-refractivity contribution in [3.05, 3.63) is 47.3 Å². The second-order valence-electron chi connectivity index (χ2n) is 8.88. The summed E-state index contributed by atoms with van der Waals surface area (Å²) in [5.41, 5.74) is 2.89. The average Bonchev–Trinajstić information content (AvgIpc) is 2.68. The van der Waals surface area contributed by atoms with Crippen LogP contribution >= 0.6 is 0 Å². The fraction of sp³-hybridized carbons (Fsp3) is 0.680. The summed E-state index contributed by atoms with van der Waals surface area (Å²) >= 11 is 0. The van der Waals surface area contributed by atoms with Gasteiger partial charge in [0.15, 0.2) is 0 Å². The Bertz CT molecular complexity index is 548. The summed E-state index contributed by atoms with van der Waals surface area (Å²) in [5, 5.41) is 0. The van der Waals surface area contributed by atoms with E-state index >= 15 is 0 Å². The number of halogens is 1. The Morgan fingerprint density at radius 2 is 1.46 bits per heavy atom. The molecule has 144 valence electrons. The van der Waals surface area contributed by atoms with Crippen LogP contribution in [-0.2, 0) is 6.42 Å². The first-order chi connectivity index (χ1) is 12.7. The SMILES string of the molecule is CCCC1CCC(CCC2CC=C(CCc3ccc(F)cc3)CC2)CC1. The molecule has 1 saturated carbocycles. The molecule has 1 heteroatoms. The van der Waals surface area contributed by atoms with Gasteiger partial charge in [0.25, 0.3) is 0 Å². The topological polar surface area (TPSA) is 0 Å². The lowest BCUT2D eigenvalue weighted by Gasteiger charge is -2.30. The van der Waals surface area contributed by atoms with E-state index in [2.05, 4.69) is 13.0 Å². The molecular formula is C25H37F. The summed E-state index contributed by atoms with van der Waals surface area (Å²) in [6, 6.07) is 7.01. The maximum atomic E-state index is 13.0. The Morgan fingerprint density at radius 3 is 2.08 bits per heavy atom. The van der Waals surface area contributed by atoms with Gasteiger partial charge in [0, 0.05) is 0 Å². The number of hydrogen-bond donors (Lipinski definition) is 0. The molecule has 2 aliphatic carbocycles. The molecule has 2 aliphatic rings. The summed E-state index contributed by atoms with van der Waals surface area (Å²) in [6.07, 6.45) is 20.4. The van der Waals surface area contributed by atoms with E-state index < -0.39 is 0 Å². The van der Waals surface area contributed by atoms with Gasteiger partial charge in [-0.05, 0) is 74.0 Å². The van der Waals surface area contributed by atoms with Gasteiger partial charge < -0.3 is 0 Å². The molecule has 0 radical (unpaired) electrons. The molecule has 0 aliphatic heterocycles. The van der Waals surface area contributed by atoms with Crippen molar-refractivity contribution < 1.29 is 4.39 Å². The molecule has 1 fully saturated rings. The van der Waals surface area contributed by atoms with E-state index in [0.29, 0.717) is 0 Å². The van der Waals surface area contributed by atoms with Gasteiger partial charge in [-0.25, -0.2) is 4.39 Å². The molecule has 1 atom stereocenters. The van der Waals surface area contributed by atoms with Crippen molar-refractivity contribution >= 4 is 0 Å². The second kappa shape index (κ2) is 10.3. The Balaban J connectivity index is 1.32. The van der Waals surface area contributed by atoms with Crippen molar-refractivity contribution in [2.24, 2.45) is 17.8 Å². The Hall–Kier alpha value is -1.11. The molecule has 0 nitrogen and oxygen atoms in total. The minimum Gasteiger partial charge on any atom is -0.207 e. The van der Waals surface area contributed by atoms with Crippen LogP contribution in [0.5, 0.6) is 0 Å². The highest BCUT2D eigenvalue weighted by Crippen LogP contribution is 2.36. The van der Waals surface area contributed by atoms with E-state index in [0.717, 1.165) is 30.6 Å². The van der Waals surface area contributed by atoms with E-state index in [9.17, 15) is 4.39 Å². The highest BCUT2D eigenvalue weighted by molar-refractivity contribution is 5.18. The van der Waals surface area contributed by atoms with Crippen LogP contribution < -0.4 is 0 Å². The van der Waals surface area contributed by atoms with Crippen molar-refractivity contribution in [1.82, 2.24) is 0 Å². The van der Waals surface area contributed by atoms with Crippen LogP contribution in [0.2, 0.25) is 0 Å². The molecule has 26 heavy (non-hydrogen) atoms. The van der Waals surface area contributed by atoms with Gasteiger partial charge >= 0.3 is 0 Å². The largest absolute Gasteiger partial charge is 0.207 e. The van der Waals surface area contributed by atoms with Gasteiger partial charge in [-0.1, -0.05) is 75.7 Å². The van der Waals surface area contributed by atoms with Crippen molar-refractivity contribution in [3.8, 4) is 0 Å². The third-order valence-corrected chi connectivity index (χ3v) is 6.91. The number of hydrogen-bond acceptors (Lipinski definition) is 0. The zero-order valence-electron chi connectivity index (χ0n) is 16.7.